The Morgan fingerprint density at radius 3 is 2.48 bits per heavy atom. The van der Waals surface area contributed by atoms with Crippen LogP contribution in [-0.4, -0.2) is 23.0 Å². The number of carbonyl (C=O) groups excluding carboxylic acids is 1. The fourth-order valence-electron chi connectivity index (χ4n) is 1.91. The molecule has 0 radical (unpaired) electrons. The van der Waals surface area contributed by atoms with Crippen molar-refractivity contribution in [1.29, 1.82) is 0 Å². The van der Waals surface area contributed by atoms with Gasteiger partial charge in [-0.15, -0.1) is 0 Å². The summed E-state index contributed by atoms with van der Waals surface area (Å²) in [5.74, 6) is -1.02. The maximum Gasteiger partial charge on any atom is 0.321 e. The smallest absolute Gasteiger partial charge is 0.321 e. The summed E-state index contributed by atoms with van der Waals surface area (Å²) in [6.07, 6.45) is 1.24. The van der Waals surface area contributed by atoms with E-state index in [-0.39, 0.29) is 13.0 Å². The van der Waals surface area contributed by atoms with Gasteiger partial charge in [0.1, 0.15) is 11.8 Å². The second kappa shape index (κ2) is 8.01. The molecule has 0 spiro atoms. The molecule has 0 saturated heterocycles. The van der Waals surface area contributed by atoms with E-state index in [0.29, 0.717) is 21.5 Å². The molecule has 1 atom stereocenters. The molecule has 0 aliphatic rings. The van der Waals surface area contributed by atoms with Crippen molar-refractivity contribution in [2.45, 2.75) is 19.0 Å². The third kappa shape index (κ3) is 5.59. The second-order valence-corrected chi connectivity index (χ2v) is 5.63. The number of furan rings is 1. The van der Waals surface area contributed by atoms with Gasteiger partial charge >= 0.3 is 5.97 Å². The SMILES string of the molecule is O=C(CC(NCc1ccco1)C(=O)O)Nc1cc(Cl)cc(Cl)c1. The molecule has 1 heterocycles. The average Bonchev–Trinajstić information content (AvgIpc) is 2.95. The quantitative estimate of drug-likeness (QED) is 0.708. The Kier molecular flexibility index (Phi) is 6.04. The topological polar surface area (TPSA) is 91.6 Å². The minimum atomic E-state index is -1.13. The second-order valence-electron chi connectivity index (χ2n) is 4.76. The van der Waals surface area contributed by atoms with Gasteiger partial charge in [-0.1, -0.05) is 23.2 Å². The predicted octanol–water partition coefficient (Wildman–Crippen LogP) is 3.16. The van der Waals surface area contributed by atoms with Crippen molar-refractivity contribution in [2.75, 3.05) is 5.32 Å². The lowest BCUT2D eigenvalue weighted by Crippen LogP contribution is -2.39. The molecule has 0 saturated carbocycles. The molecule has 3 N–H and O–H groups in total. The third-order valence-electron chi connectivity index (χ3n) is 2.94. The molecular formula is C15H14Cl2N2O4. The molecule has 2 rings (SSSR count). The minimum Gasteiger partial charge on any atom is -0.480 e. The number of rotatable bonds is 7. The van der Waals surface area contributed by atoms with Gasteiger partial charge in [0.2, 0.25) is 5.91 Å². The molecule has 1 aromatic heterocycles. The fraction of sp³-hybridized carbons (Fsp3) is 0.200. The number of nitrogens with one attached hydrogen (secondary N) is 2. The van der Waals surface area contributed by atoms with E-state index >= 15 is 0 Å². The van der Waals surface area contributed by atoms with Gasteiger partial charge in [0.05, 0.1) is 19.2 Å². The first-order valence-electron chi connectivity index (χ1n) is 6.68. The molecule has 1 unspecified atom stereocenters. The number of hydrogen-bond acceptors (Lipinski definition) is 4. The Morgan fingerprint density at radius 1 is 1.22 bits per heavy atom. The predicted molar refractivity (Wildman–Crippen MR) is 86.7 cm³/mol. The number of carbonyl (C=O) groups is 2. The zero-order valence-electron chi connectivity index (χ0n) is 11.9. The van der Waals surface area contributed by atoms with E-state index in [9.17, 15) is 14.7 Å². The van der Waals surface area contributed by atoms with Crippen LogP contribution in [0.3, 0.4) is 0 Å². The average molecular weight is 357 g/mol. The van der Waals surface area contributed by atoms with Crippen LogP contribution in [0.25, 0.3) is 0 Å². The van der Waals surface area contributed by atoms with Crippen molar-refractivity contribution in [2.24, 2.45) is 0 Å². The fourth-order valence-corrected chi connectivity index (χ4v) is 2.43. The highest BCUT2D eigenvalue weighted by Crippen LogP contribution is 2.22. The summed E-state index contributed by atoms with van der Waals surface area (Å²) < 4.78 is 5.11. The van der Waals surface area contributed by atoms with Crippen LogP contribution in [0.2, 0.25) is 10.0 Å². The van der Waals surface area contributed by atoms with Crippen molar-refractivity contribution in [3.05, 3.63) is 52.4 Å². The van der Waals surface area contributed by atoms with E-state index in [4.69, 9.17) is 27.6 Å². The maximum atomic E-state index is 12.0. The Hall–Kier alpha value is -2.02. The van der Waals surface area contributed by atoms with Gasteiger partial charge in [-0.05, 0) is 30.3 Å². The van der Waals surface area contributed by atoms with Crippen LogP contribution >= 0.6 is 23.2 Å². The lowest BCUT2D eigenvalue weighted by Gasteiger charge is -2.14. The Balaban J connectivity index is 1.93. The highest BCUT2D eigenvalue weighted by Gasteiger charge is 2.21. The van der Waals surface area contributed by atoms with Crippen LogP contribution in [0.1, 0.15) is 12.2 Å². The first-order valence-corrected chi connectivity index (χ1v) is 7.44. The third-order valence-corrected chi connectivity index (χ3v) is 3.37. The van der Waals surface area contributed by atoms with Crippen LogP contribution in [0.15, 0.2) is 41.0 Å². The summed E-state index contributed by atoms with van der Waals surface area (Å²) in [5.41, 5.74) is 0.405. The Morgan fingerprint density at radius 2 is 1.91 bits per heavy atom. The first-order chi connectivity index (χ1) is 10.9. The molecule has 1 aromatic carbocycles. The van der Waals surface area contributed by atoms with Crippen molar-refractivity contribution in [3.63, 3.8) is 0 Å². The molecule has 6 nitrogen and oxygen atoms in total. The van der Waals surface area contributed by atoms with Crippen LogP contribution in [-0.2, 0) is 16.1 Å². The van der Waals surface area contributed by atoms with Gasteiger partial charge in [0, 0.05) is 15.7 Å². The van der Waals surface area contributed by atoms with Crippen molar-refractivity contribution < 1.29 is 19.1 Å². The lowest BCUT2D eigenvalue weighted by molar-refractivity contribution is -0.141. The number of benzene rings is 1. The number of hydrogen-bond donors (Lipinski definition) is 3. The van der Waals surface area contributed by atoms with E-state index in [1.807, 2.05) is 0 Å². The van der Waals surface area contributed by atoms with Gasteiger partial charge in [0.25, 0.3) is 0 Å². The molecule has 8 heteroatoms. The highest BCUT2D eigenvalue weighted by atomic mass is 35.5. The number of amides is 1. The lowest BCUT2D eigenvalue weighted by atomic mass is 10.2. The van der Waals surface area contributed by atoms with Gasteiger partial charge in [0.15, 0.2) is 0 Å². The van der Waals surface area contributed by atoms with Crippen LogP contribution in [0.5, 0.6) is 0 Å². The number of carboxylic acid groups (broad SMARTS) is 1. The molecule has 0 fully saturated rings. The zero-order valence-corrected chi connectivity index (χ0v) is 13.4. The largest absolute Gasteiger partial charge is 0.480 e. The van der Waals surface area contributed by atoms with Crippen LogP contribution < -0.4 is 10.6 Å². The molecular weight excluding hydrogens is 343 g/mol. The number of carboxylic acids is 1. The van der Waals surface area contributed by atoms with E-state index in [1.54, 1.807) is 12.1 Å². The van der Waals surface area contributed by atoms with E-state index in [0.717, 1.165) is 0 Å². The zero-order chi connectivity index (χ0) is 16.8. The van der Waals surface area contributed by atoms with Crippen molar-refractivity contribution in [1.82, 2.24) is 5.32 Å². The number of aliphatic carboxylic acids is 1. The normalized spacial score (nSPS) is 11.9. The standard InChI is InChI=1S/C15H14Cl2N2O4/c16-9-4-10(17)6-11(5-9)19-14(20)7-13(15(21)22)18-8-12-2-1-3-23-12/h1-6,13,18H,7-8H2,(H,19,20)(H,21,22). The molecule has 0 bridgehead atoms. The molecule has 23 heavy (non-hydrogen) atoms. The number of halogens is 2. The highest BCUT2D eigenvalue weighted by molar-refractivity contribution is 6.35. The minimum absolute atomic E-state index is 0.209. The van der Waals surface area contributed by atoms with Crippen molar-refractivity contribution >= 4 is 40.8 Å². The Bertz CT molecular complexity index is 669. The van der Waals surface area contributed by atoms with Gasteiger partial charge in [-0.25, -0.2) is 0 Å². The maximum absolute atomic E-state index is 12.0. The summed E-state index contributed by atoms with van der Waals surface area (Å²) in [4.78, 5) is 23.2. The molecule has 1 amide bonds. The summed E-state index contributed by atoms with van der Waals surface area (Å²) in [6, 6.07) is 6.94. The van der Waals surface area contributed by atoms with E-state index in [2.05, 4.69) is 10.6 Å². The molecule has 0 aliphatic carbocycles. The molecule has 0 aliphatic heterocycles. The van der Waals surface area contributed by atoms with Crippen LogP contribution in [0, 0.1) is 0 Å². The summed E-state index contributed by atoms with van der Waals surface area (Å²) in [7, 11) is 0. The summed E-state index contributed by atoms with van der Waals surface area (Å²) in [5, 5.41) is 15.3. The van der Waals surface area contributed by atoms with Gasteiger partial charge < -0.3 is 14.8 Å². The number of anilines is 1. The summed E-state index contributed by atoms with van der Waals surface area (Å²) >= 11 is 11.7. The first kappa shape index (κ1) is 17.3. The van der Waals surface area contributed by atoms with Crippen LogP contribution in [0.4, 0.5) is 5.69 Å². The summed E-state index contributed by atoms with van der Waals surface area (Å²) in [6.45, 7) is 0.209. The Labute approximate surface area is 142 Å². The van der Waals surface area contributed by atoms with Gasteiger partial charge in [-0.3, -0.25) is 14.9 Å². The molecule has 2 aromatic rings. The van der Waals surface area contributed by atoms with Crippen molar-refractivity contribution in [3.8, 4) is 0 Å². The molecule has 122 valence electrons. The van der Waals surface area contributed by atoms with E-state index < -0.39 is 17.9 Å². The van der Waals surface area contributed by atoms with Gasteiger partial charge in [-0.2, -0.15) is 0 Å². The van der Waals surface area contributed by atoms with E-state index in [1.165, 1.54) is 24.5 Å². The monoisotopic (exact) mass is 356 g/mol.